The summed E-state index contributed by atoms with van der Waals surface area (Å²) in [4.78, 5) is 0. The van der Waals surface area contributed by atoms with Crippen LogP contribution < -0.4 is 4.74 Å². The van der Waals surface area contributed by atoms with Crippen LogP contribution in [0.3, 0.4) is 0 Å². The standard InChI is InChI=1S/C13H19NO2S/c1-10-11(7-6-8-12(10)16-5)9-14-17(15)13(2,3)4/h6-9H,1-5H3. The second kappa shape index (κ2) is 5.45. The van der Waals surface area contributed by atoms with Gasteiger partial charge in [0.2, 0.25) is 0 Å². The third-order valence-corrected chi connectivity index (χ3v) is 3.70. The maximum Gasteiger partial charge on any atom is 0.144 e. The minimum Gasteiger partial charge on any atom is -0.496 e. The molecule has 0 radical (unpaired) electrons. The average Bonchev–Trinajstić information content (AvgIpc) is 2.26. The molecule has 0 saturated heterocycles. The summed E-state index contributed by atoms with van der Waals surface area (Å²) in [6, 6.07) is 5.72. The van der Waals surface area contributed by atoms with Crippen molar-refractivity contribution in [1.29, 1.82) is 0 Å². The van der Waals surface area contributed by atoms with E-state index in [1.807, 2.05) is 45.9 Å². The summed E-state index contributed by atoms with van der Waals surface area (Å²) in [6.45, 7) is 7.66. The van der Waals surface area contributed by atoms with Gasteiger partial charge >= 0.3 is 0 Å². The molecule has 0 aliphatic heterocycles. The smallest absolute Gasteiger partial charge is 0.144 e. The number of hydrogen-bond acceptors (Lipinski definition) is 2. The van der Waals surface area contributed by atoms with E-state index in [0.29, 0.717) is 0 Å². The van der Waals surface area contributed by atoms with Gasteiger partial charge in [-0.1, -0.05) is 12.1 Å². The largest absolute Gasteiger partial charge is 0.496 e. The summed E-state index contributed by atoms with van der Waals surface area (Å²) < 4.78 is 20.8. The van der Waals surface area contributed by atoms with E-state index in [2.05, 4.69) is 4.40 Å². The molecule has 0 bridgehead atoms. The lowest BCUT2D eigenvalue weighted by molar-refractivity contribution is 0.411. The molecule has 0 fully saturated rings. The van der Waals surface area contributed by atoms with Gasteiger partial charge < -0.3 is 4.74 Å². The third-order valence-electron chi connectivity index (χ3n) is 2.36. The number of hydrogen-bond donors (Lipinski definition) is 0. The Bertz CT molecular complexity index is 447. The Morgan fingerprint density at radius 1 is 1.35 bits per heavy atom. The molecular weight excluding hydrogens is 234 g/mol. The Kier molecular flexibility index (Phi) is 4.46. The molecule has 0 aliphatic carbocycles. The van der Waals surface area contributed by atoms with Crippen molar-refractivity contribution in [3.63, 3.8) is 0 Å². The van der Waals surface area contributed by atoms with Gasteiger partial charge in [0.15, 0.2) is 0 Å². The van der Waals surface area contributed by atoms with Crippen molar-refractivity contribution >= 4 is 17.2 Å². The van der Waals surface area contributed by atoms with Crippen LogP contribution in [0, 0.1) is 6.92 Å². The van der Waals surface area contributed by atoms with E-state index >= 15 is 0 Å². The lowest BCUT2D eigenvalue weighted by Crippen LogP contribution is -2.19. The van der Waals surface area contributed by atoms with Crippen molar-refractivity contribution < 1.29 is 8.95 Å². The van der Waals surface area contributed by atoms with Crippen LogP contribution in [-0.2, 0) is 11.0 Å². The zero-order valence-electron chi connectivity index (χ0n) is 11.0. The minimum atomic E-state index is -1.23. The highest BCUT2D eigenvalue weighted by molar-refractivity contribution is 7.85. The summed E-state index contributed by atoms with van der Waals surface area (Å²) in [5.41, 5.74) is 1.94. The molecule has 0 aliphatic rings. The fraction of sp³-hybridized carbons (Fsp3) is 0.462. The second-order valence-corrected chi connectivity index (χ2v) is 6.70. The van der Waals surface area contributed by atoms with Crippen LogP contribution in [0.1, 0.15) is 31.9 Å². The molecule has 1 atom stereocenters. The topological polar surface area (TPSA) is 38.7 Å². The average molecular weight is 253 g/mol. The Balaban J connectivity index is 2.97. The van der Waals surface area contributed by atoms with Crippen LogP contribution in [0.2, 0.25) is 0 Å². The molecule has 0 N–H and O–H groups in total. The van der Waals surface area contributed by atoms with Crippen LogP contribution >= 0.6 is 0 Å². The second-order valence-electron chi connectivity index (χ2n) is 4.77. The van der Waals surface area contributed by atoms with Crippen molar-refractivity contribution in [2.45, 2.75) is 32.4 Å². The van der Waals surface area contributed by atoms with Gasteiger partial charge in [-0.3, -0.25) is 0 Å². The summed E-state index contributed by atoms with van der Waals surface area (Å²) >= 11 is 0. The molecule has 1 aromatic carbocycles. The number of nitrogens with zero attached hydrogens (tertiary/aromatic N) is 1. The summed E-state index contributed by atoms with van der Waals surface area (Å²) in [6.07, 6.45) is 1.65. The monoisotopic (exact) mass is 253 g/mol. The maximum atomic E-state index is 11.8. The van der Waals surface area contributed by atoms with E-state index in [9.17, 15) is 4.21 Å². The molecule has 94 valence electrons. The number of rotatable bonds is 3. The van der Waals surface area contributed by atoms with Crippen LogP contribution in [0.5, 0.6) is 5.75 Å². The van der Waals surface area contributed by atoms with Crippen molar-refractivity contribution in [3.8, 4) is 5.75 Å². The van der Waals surface area contributed by atoms with E-state index in [4.69, 9.17) is 4.74 Å². The number of benzene rings is 1. The van der Waals surface area contributed by atoms with E-state index in [-0.39, 0.29) is 4.75 Å². The maximum absolute atomic E-state index is 11.8. The Morgan fingerprint density at radius 3 is 2.53 bits per heavy atom. The fourth-order valence-corrected chi connectivity index (χ4v) is 1.78. The highest BCUT2D eigenvalue weighted by atomic mass is 32.2. The summed E-state index contributed by atoms with van der Waals surface area (Å²) in [7, 11) is 0.409. The van der Waals surface area contributed by atoms with Gasteiger partial charge in [0.1, 0.15) is 16.7 Å². The van der Waals surface area contributed by atoms with Crippen molar-refractivity contribution in [1.82, 2.24) is 0 Å². The molecule has 1 aromatic rings. The van der Waals surface area contributed by atoms with Crippen molar-refractivity contribution in [3.05, 3.63) is 29.3 Å². The number of ether oxygens (including phenoxy) is 1. The predicted octanol–water partition coefficient (Wildman–Crippen LogP) is 2.88. The Hall–Kier alpha value is -1.16. The first-order valence-corrected chi connectivity index (χ1v) is 6.56. The molecule has 0 saturated carbocycles. The van der Waals surface area contributed by atoms with Gasteiger partial charge in [-0.2, -0.15) is 4.40 Å². The van der Waals surface area contributed by atoms with Crippen LogP contribution in [0.25, 0.3) is 0 Å². The molecule has 0 amide bonds. The third kappa shape index (κ3) is 3.66. The number of methoxy groups -OCH3 is 1. The van der Waals surface area contributed by atoms with E-state index in [1.54, 1.807) is 13.3 Å². The molecule has 0 spiro atoms. The van der Waals surface area contributed by atoms with Gasteiger partial charge in [0, 0.05) is 11.8 Å². The van der Waals surface area contributed by atoms with E-state index in [0.717, 1.165) is 16.9 Å². The molecule has 3 nitrogen and oxygen atoms in total. The van der Waals surface area contributed by atoms with Crippen LogP contribution in [-0.4, -0.2) is 22.3 Å². The first-order valence-electron chi connectivity index (χ1n) is 5.46. The molecule has 4 heteroatoms. The summed E-state index contributed by atoms with van der Waals surface area (Å²) in [5, 5.41) is 0. The highest BCUT2D eigenvalue weighted by Crippen LogP contribution is 2.20. The van der Waals surface area contributed by atoms with Crippen LogP contribution in [0.4, 0.5) is 0 Å². The zero-order valence-corrected chi connectivity index (χ0v) is 11.8. The fourth-order valence-electron chi connectivity index (χ4n) is 1.26. The van der Waals surface area contributed by atoms with Crippen molar-refractivity contribution in [2.24, 2.45) is 4.40 Å². The molecule has 0 heterocycles. The predicted molar refractivity (Wildman–Crippen MR) is 73.2 cm³/mol. The zero-order chi connectivity index (χ0) is 13.1. The quantitative estimate of drug-likeness (QED) is 0.777. The van der Waals surface area contributed by atoms with Crippen molar-refractivity contribution in [2.75, 3.05) is 7.11 Å². The van der Waals surface area contributed by atoms with Crippen LogP contribution in [0.15, 0.2) is 22.6 Å². The highest BCUT2D eigenvalue weighted by Gasteiger charge is 2.18. The first kappa shape index (κ1) is 13.9. The minimum absolute atomic E-state index is 0.330. The molecule has 0 aromatic heterocycles. The van der Waals surface area contributed by atoms with E-state index < -0.39 is 11.0 Å². The normalized spacial score (nSPS) is 13.9. The summed E-state index contributed by atoms with van der Waals surface area (Å²) in [5.74, 6) is 0.815. The Labute approximate surface area is 106 Å². The SMILES string of the molecule is COc1cccc(C=NS(=O)C(C)(C)C)c1C. The molecule has 1 rings (SSSR count). The lowest BCUT2D eigenvalue weighted by Gasteiger charge is -2.13. The van der Waals surface area contributed by atoms with Gasteiger partial charge in [0.25, 0.3) is 0 Å². The Morgan fingerprint density at radius 2 is 2.00 bits per heavy atom. The van der Waals surface area contributed by atoms with Gasteiger partial charge in [-0.25, -0.2) is 4.21 Å². The molecule has 1 unspecified atom stereocenters. The van der Waals surface area contributed by atoms with Gasteiger partial charge in [0.05, 0.1) is 11.9 Å². The van der Waals surface area contributed by atoms with E-state index in [1.165, 1.54) is 0 Å². The molecule has 17 heavy (non-hydrogen) atoms. The lowest BCUT2D eigenvalue weighted by atomic mass is 10.1. The van der Waals surface area contributed by atoms with Gasteiger partial charge in [-0.05, 0) is 39.3 Å². The molecular formula is C13H19NO2S. The first-order chi connectivity index (χ1) is 7.86. The van der Waals surface area contributed by atoms with Gasteiger partial charge in [-0.15, -0.1) is 0 Å².